The molecule has 106 valence electrons. The third kappa shape index (κ3) is 3.08. The van der Waals surface area contributed by atoms with Gasteiger partial charge in [-0.05, 0) is 25.7 Å². The molecule has 2 rings (SSSR count). The number of benzene rings is 1. The molecule has 1 aliphatic rings. The Bertz CT molecular complexity index is 408. The van der Waals surface area contributed by atoms with E-state index in [-0.39, 0.29) is 18.0 Å². The lowest BCUT2D eigenvalue weighted by Crippen LogP contribution is -2.48. The highest BCUT2D eigenvalue weighted by Gasteiger charge is 2.35. The molecule has 1 N–H and O–H groups in total. The van der Waals surface area contributed by atoms with Crippen LogP contribution in [0.25, 0.3) is 0 Å². The van der Waals surface area contributed by atoms with Crippen molar-refractivity contribution >= 4 is 11.6 Å². The predicted molar refractivity (Wildman–Crippen MR) is 75.1 cm³/mol. The van der Waals surface area contributed by atoms with Crippen molar-refractivity contribution in [2.24, 2.45) is 0 Å². The van der Waals surface area contributed by atoms with Gasteiger partial charge in [0.25, 0.3) is 0 Å². The number of likely N-dealkylation sites (N-methyl/N-ethyl adjacent to an activating group) is 2. The molecule has 1 aromatic carbocycles. The molecule has 0 aliphatic carbocycles. The zero-order valence-electron chi connectivity index (χ0n) is 11.3. The van der Waals surface area contributed by atoms with Crippen molar-refractivity contribution in [1.82, 2.24) is 10.2 Å². The van der Waals surface area contributed by atoms with Crippen LogP contribution in [-0.2, 0) is 4.74 Å². The van der Waals surface area contributed by atoms with Crippen LogP contribution < -0.4 is 5.32 Å². The third-order valence-electron chi connectivity index (χ3n) is 3.56. The van der Waals surface area contributed by atoms with Crippen molar-refractivity contribution < 1.29 is 9.13 Å². The van der Waals surface area contributed by atoms with E-state index in [0.717, 1.165) is 13.1 Å². The molecule has 2 unspecified atom stereocenters. The highest BCUT2D eigenvalue weighted by Crippen LogP contribution is 2.35. The minimum atomic E-state index is -0.262. The molecule has 1 aliphatic heterocycles. The molecular formula is C14H20ClFN2O. The summed E-state index contributed by atoms with van der Waals surface area (Å²) < 4.78 is 20.0. The normalized spacial score (nSPS) is 24.6. The summed E-state index contributed by atoms with van der Waals surface area (Å²) in [5.74, 6) is -0.262. The Morgan fingerprint density at radius 2 is 2.32 bits per heavy atom. The smallest absolute Gasteiger partial charge is 0.129 e. The zero-order chi connectivity index (χ0) is 13.8. The average Bonchev–Trinajstić information content (AvgIpc) is 2.40. The summed E-state index contributed by atoms with van der Waals surface area (Å²) in [5, 5.41) is 3.57. The van der Waals surface area contributed by atoms with Crippen LogP contribution in [0.2, 0.25) is 5.02 Å². The number of halogens is 2. The minimum absolute atomic E-state index is 0.0897. The molecule has 3 nitrogen and oxygen atoms in total. The highest BCUT2D eigenvalue weighted by atomic mass is 35.5. The van der Waals surface area contributed by atoms with Gasteiger partial charge in [-0.3, -0.25) is 4.90 Å². The molecule has 0 aromatic heterocycles. The number of nitrogens with zero attached hydrogens (tertiary/aromatic N) is 1. The zero-order valence-corrected chi connectivity index (χ0v) is 12.1. The van der Waals surface area contributed by atoms with Gasteiger partial charge < -0.3 is 10.1 Å². The number of nitrogens with one attached hydrogen (secondary N) is 1. The lowest BCUT2D eigenvalue weighted by Gasteiger charge is -2.41. The fourth-order valence-electron chi connectivity index (χ4n) is 2.67. The van der Waals surface area contributed by atoms with E-state index in [4.69, 9.17) is 16.3 Å². The van der Waals surface area contributed by atoms with Crippen LogP contribution in [0.4, 0.5) is 4.39 Å². The van der Waals surface area contributed by atoms with Gasteiger partial charge in [0.05, 0.1) is 18.8 Å². The predicted octanol–water partition coefficient (Wildman–Crippen LogP) is 2.46. The standard InChI is InChI=1S/C14H20ClFN2O/c1-3-18-7-8-19-12(9-17-2)14(18)13-10(15)5-4-6-11(13)16/h4-6,12,14,17H,3,7-9H2,1-2H3. The maximum Gasteiger partial charge on any atom is 0.129 e. The van der Waals surface area contributed by atoms with Crippen LogP contribution in [0.1, 0.15) is 18.5 Å². The molecule has 0 bridgehead atoms. The van der Waals surface area contributed by atoms with Gasteiger partial charge in [0.15, 0.2) is 0 Å². The van der Waals surface area contributed by atoms with Crippen molar-refractivity contribution in [3.63, 3.8) is 0 Å². The van der Waals surface area contributed by atoms with Crippen molar-refractivity contribution in [2.45, 2.75) is 19.1 Å². The van der Waals surface area contributed by atoms with Crippen LogP contribution in [0.15, 0.2) is 18.2 Å². The Morgan fingerprint density at radius 1 is 1.53 bits per heavy atom. The van der Waals surface area contributed by atoms with E-state index in [2.05, 4.69) is 17.1 Å². The van der Waals surface area contributed by atoms with Crippen LogP contribution in [-0.4, -0.2) is 44.3 Å². The van der Waals surface area contributed by atoms with E-state index >= 15 is 0 Å². The van der Waals surface area contributed by atoms with E-state index in [0.29, 0.717) is 23.7 Å². The summed E-state index contributed by atoms with van der Waals surface area (Å²) >= 11 is 6.21. The van der Waals surface area contributed by atoms with E-state index in [9.17, 15) is 4.39 Å². The maximum atomic E-state index is 14.2. The Labute approximate surface area is 118 Å². The first-order valence-electron chi connectivity index (χ1n) is 6.63. The van der Waals surface area contributed by atoms with Crippen molar-refractivity contribution in [2.75, 3.05) is 33.3 Å². The van der Waals surface area contributed by atoms with E-state index in [1.807, 2.05) is 7.05 Å². The van der Waals surface area contributed by atoms with Crippen molar-refractivity contribution in [1.29, 1.82) is 0 Å². The third-order valence-corrected chi connectivity index (χ3v) is 3.89. The van der Waals surface area contributed by atoms with Gasteiger partial charge >= 0.3 is 0 Å². The molecule has 1 aromatic rings. The first-order valence-corrected chi connectivity index (χ1v) is 7.01. The molecule has 19 heavy (non-hydrogen) atoms. The molecule has 1 saturated heterocycles. The Hall–Kier alpha value is -0.680. The lowest BCUT2D eigenvalue weighted by atomic mass is 9.97. The highest BCUT2D eigenvalue weighted by molar-refractivity contribution is 6.31. The molecule has 0 spiro atoms. The fraction of sp³-hybridized carbons (Fsp3) is 0.571. The average molecular weight is 287 g/mol. The molecule has 0 saturated carbocycles. The Balaban J connectivity index is 2.39. The summed E-state index contributed by atoms with van der Waals surface area (Å²) in [6, 6.07) is 4.69. The molecule has 5 heteroatoms. The van der Waals surface area contributed by atoms with Gasteiger partial charge in [0.1, 0.15) is 5.82 Å². The van der Waals surface area contributed by atoms with Gasteiger partial charge in [-0.2, -0.15) is 0 Å². The van der Waals surface area contributed by atoms with Crippen LogP contribution in [0.5, 0.6) is 0 Å². The quantitative estimate of drug-likeness (QED) is 0.920. The van der Waals surface area contributed by atoms with Crippen molar-refractivity contribution in [3.05, 3.63) is 34.6 Å². The Kier molecular flexibility index (Phi) is 5.16. The summed E-state index contributed by atoms with van der Waals surface area (Å²) in [7, 11) is 1.87. The minimum Gasteiger partial charge on any atom is -0.374 e. The van der Waals surface area contributed by atoms with Gasteiger partial charge in [0.2, 0.25) is 0 Å². The van der Waals surface area contributed by atoms with Crippen LogP contribution in [0, 0.1) is 5.82 Å². The number of hydrogen-bond donors (Lipinski definition) is 1. The first-order chi connectivity index (χ1) is 9.19. The fourth-order valence-corrected chi connectivity index (χ4v) is 2.95. The molecule has 1 fully saturated rings. The number of ether oxygens (including phenoxy) is 1. The lowest BCUT2D eigenvalue weighted by molar-refractivity contribution is -0.0696. The second-order valence-corrected chi connectivity index (χ2v) is 5.08. The topological polar surface area (TPSA) is 24.5 Å². The summed E-state index contributed by atoms with van der Waals surface area (Å²) in [6.07, 6.45) is -0.0897. The second-order valence-electron chi connectivity index (χ2n) is 4.68. The molecule has 0 radical (unpaired) electrons. The van der Waals surface area contributed by atoms with Crippen molar-refractivity contribution in [3.8, 4) is 0 Å². The van der Waals surface area contributed by atoms with Crippen LogP contribution >= 0.6 is 11.6 Å². The molecule has 2 atom stereocenters. The van der Waals surface area contributed by atoms with Gasteiger partial charge in [-0.25, -0.2) is 4.39 Å². The van der Waals surface area contributed by atoms with Gasteiger partial charge in [-0.15, -0.1) is 0 Å². The van der Waals surface area contributed by atoms with Crippen LogP contribution in [0.3, 0.4) is 0 Å². The maximum absolute atomic E-state index is 14.2. The summed E-state index contributed by atoms with van der Waals surface area (Å²) in [4.78, 5) is 2.22. The summed E-state index contributed by atoms with van der Waals surface area (Å²) in [6.45, 7) is 5.06. The number of hydrogen-bond acceptors (Lipinski definition) is 3. The second kappa shape index (κ2) is 6.66. The molecule has 1 heterocycles. The Morgan fingerprint density at radius 3 is 2.95 bits per heavy atom. The van der Waals surface area contributed by atoms with E-state index < -0.39 is 0 Å². The molecular weight excluding hydrogens is 267 g/mol. The largest absolute Gasteiger partial charge is 0.374 e. The van der Waals surface area contributed by atoms with Gasteiger partial charge in [0, 0.05) is 23.7 Å². The SMILES string of the molecule is CCN1CCOC(CNC)C1c1c(F)cccc1Cl. The number of morpholine rings is 1. The van der Waals surface area contributed by atoms with E-state index in [1.54, 1.807) is 12.1 Å². The molecule has 0 amide bonds. The number of rotatable bonds is 4. The monoisotopic (exact) mass is 286 g/mol. The van der Waals surface area contributed by atoms with E-state index in [1.165, 1.54) is 6.07 Å². The first kappa shape index (κ1) is 14.7. The van der Waals surface area contributed by atoms with Gasteiger partial charge in [-0.1, -0.05) is 24.6 Å². The summed E-state index contributed by atoms with van der Waals surface area (Å²) in [5.41, 5.74) is 0.547.